The van der Waals surface area contributed by atoms with E-state index in [2.05, 4.69) is 156 Å². The fraction of sp³-hybridized carbons (Fsp3) is 0. The van der Waals surface area contributed by atoms with Gasteiger partial charge < -0.3 is 8.98 Å². The van der Waals surface area contributed by atoms with E-state index in [4.69, 9.17) is 19.4 Å². The van der Waals surface area contributed by atoms with E-state index in [9.17, 15) is 0 Å². The van der Waals surface area contributed by atoms with Crippen molar-refractivity contribution < 1.29 is 4.42 Å². The Morgan fingerprint density at radius 2 is 1.00 bits per heavy atom. The van der Waals surface area contributed by atoms with Gasteiger partial charge in [-0.2, -0.15) is 0 Å². The van der Waals surface area contributed by atoms with Crippen LogP contribution < -0.4 is 0 Å². The molecular formula is C53H30N4OS. The van der Waals surface area contributed by atoms with Crippen LogP contribution in [0.5, 0.6) is 0 Å². The summed E-state index contributed by atoms with van der Waals surface area (Å²) in [5.74, 6) is 1.85. The molecule has 6 heteroatoms. The van der Waals surface area contributed by atoms with E-state index in [0.717, 1.165) is 55.1 Å². The average molecular weight is 771 g/mol. The van der Waals surface area contributed by atoms with Crippen LogP contribution in [0.15, 0.2) is 186 Å². The highest BCUT2D eigenvalue weighted by Gasteiger charge is 2.21. The van der Waals surface area contributed by atoms with E-state index in [1.807, 2.05) is 30.3 Å². The summed E-state index contributed by atoms with van der Waals surface area (Å²) < 4.78 is 11.8. The fourth-order valence-electron chi connectivity index (χ4n) is 9.03. The lowest BCUT2D eigenvalue weighted by Crippen LogP contribution is -2.00. The molecule has 0 fully saturated rings. The molecule has 0 aliphatic heterocycles. The van der Waals surface area contributed by atoms with Gasteiger partial charge in [0.05, 0.1) is 16.7 Å². The minimum Gasteiger partial charge on any atom is -0.455 e. The highest BCUT2D eigenvalue weighted by atomic mass is 32.1. The summed E-state index contributed by atoms with van der Waals surface area (Å²) in [6.45, 7) is 0. The fourth-order valence-corrected chi connectivity index (χ4v) is 10.1. The number of hydrogen-bond acceptors (Lipinski definition) is 5. The Bertz CT molecular complexity index is 3860. The Kier molecular flexibility index (Phi) is 6.82. The molecule has 59 heavy (non-hydrogen) atoms. The van der Waals surface area contributed by atoms with Crippen LogP contribution in [0.3, 0.4) is 0 Å². The molecule has 13 aromatic rings. The first kappa shape index (κ1) is 32.4. The van der Waals surface area contributed by atoms with E-state index >= 15 is 0 Å². The van der Waals surface area contributed by atoms with Crippen molar-refractivity contribution in [1.82, 2.24) is 19.5 Å². The summed E-state index contributed by atoms with van der Waals surface area (Å²) in [5, 5.41) is 11.6. The van der Waals surface area contributed by atoms with E-state index in [-0.39, 0.29) is 0 Å². The van der Waals surface area contributed by atoms with Gasteiger partial charge in [-0.25, -0.2) is 15.0 Å². The van der Waals surface area contributed by atoms with Gasteiger partial charge in [0.25, 0.3) is 0 Å². The van der Waals surface area contributed by atoms with Gasteiger partial charge in [0.1, 0.15) is 11.2 Å². The topological polar surface area (TPSA) is 56.7 Å². The van der Waals surface area contributed by atoms with Crippen molar-refractivity contribution in [1.29, 1.82) is 0 Å². The Balaban J connectivity index is 1.02. The van der Waals surface area contributed by atoms with Crippen molar-refractivity contribution in [3.63, 3.8) is 0 Å². The minimum atomic E-state index is 0.592. The number of fused-ring (bicyclic) bond motifs is 12. The molecule has 0 spiro atoms. The number of benzene rings is 9. The summed E-state index contributed by atoms with van der Waals surface area (Å²) in [7, 11) is 0. The molecule has 0 aliphatic carbocycles. The summed E-state index contributed by atoms with van der Waals surface area (Å²) in [5.41, 5.74) is 7.84. The van der Waals surface area contributed by atoms with E-state index < -0.39 is 0 Å². The van der Waals surface area contributed by atoms with Gasteiger partial charge in [-0.05, 0) is 71.4 Å². The van der Waals surface area contributed by atoms with Gasteiger partial charge in [0, 0.05) is 69.2 Å². The predicted octanol–water partition coefficient (Wildman–Crippen LogP) is 14.5. The largest absolute Gasteiger partial charge is 0.455 e. The van der Waals surface area contributed by atoms with Crippen molar-refractivity contribution >= 4 is 96.8 Å². The number of para-hydroxylation sites is 1. The Hall–Kier alpha value is -7.67. The standard InChI is InChI=1S/C53H30N4OS/c1-2-12-31(13-3-1)51-54-52(34-23-25-49-42(27-34)39-18-9-11-21-48(39)59-49)56-53(55-51)35-22-24-38-43-30-46(36-16-6-7-19-40(36)50(43)58-47(38)29-35)57-44-20-10-8-17-37(44)41-26-32-14-4-5-15-33(32)28-45(41)57/h1-30H. The molecule has 4 aromatic heterocycles. The molecule has 0 unspecified atom stereocenters. The lowest BCUT2D eigenvalue weighted by molar-refractivity contribution is 0.672. The quantitative estimate of drug-likeness (QED) is 0.179. The first-order valence-electron chi connectivity index (χ1n) is 19.8. The van der Waals surface area contributed by atoms with Gasteiger partial charge in [-0.1, -0.05) is 121 Å². The van der Waals surface area contributed by atoms with Crippen LogP contribution in [0, 0.1) is 0 Å². The minimum absolute atomic E-state index is 0.592. The lowest BCUT2D eigenvalue weighted by atomic mass is 10.0. The van der Waals surface area contributed by atoms with Crippen molar-refractivity contribution in [2.75, 3.05) is 0 Å². The summed E-state index contributed by atoms with van der Waals surface area (Å²) in [6.07, 6.45) is 0. The normalized spacial score (nSPS) is 12.1. The molecule has 0 N–H and O–H groups in total. The Morgan fingerprint density at radius 3 is 1.83 bits per heavy atom. The van der Waals surface area contributed by atoms with Crippen LogP contribution in [-0.2, 0) is 0 Å². The van der Waals surface area contributed by atoms with Crippen LogP contribution in [0.2, 0.25) is 0 Å². The maximum atomic E-state index is 6.86. The SMILES string of the molecule is c1ccc(-c2nc(-c3ccc4c(c3)oc3c5ccccc5c(-n5c6ccccc6c6cc7ccccc7cc65)cc43)nc(-c3ccc4sc5ccccc5c4c3)n2)cc1. The molecule has 0 saturated carbocycles. The lowest BCUT2D eigenvalue weighted by Gasteiger charge is -2.13. The molecule has 274 valence electrons. The maximum Gasteiger partial charge on any atom is 0.164 e. The van der Waals surface area contributed by atoms with Crippen molar-refractivity contribution in [2.24, 2.45) is 0 Å². The third-order valence-electron chi connectivity index (χ3n) is 11.8. The Morgan fingerprint density at radius 1 is 0.373 bits per heavy atom. The molecule has 0 bridgehead atoms. The molecule has 0 saturated heterocycles. The summed E-state index contributed by atoms with van der Waals surface area (Å²) in [6, 6.07) is 64.4. The molecule has 9 aromatic carbocycles. The van der Waals surface area contributed by atoms with Crippen molar-refractivity contribution in [3.8, 4) is 39.9 Å². The van der Waals surface area contributed by atoms with Gasteiger partial charge >= 0.3 is 0 Å². The molecule has 0 atom stereocenters. The average Bonchev–Trinajstić information content (AvgIpc) is 3.97. The number of rotatable bonds is 4. The highest BCUT2D eigenvalue weighted by Crippen LogP contribution is 2.43. The number of furan rings is 1. The Labute approximate surface area is 341 Å². The number of thiophene rings is 1. The molecule has 5 nitrogen and oxygen atoms in total. The molecule has 0 amide bonds. The maximum absolute atomic E-state index is 6.86. The summed E-state index contributed by atoms with van der Waals surface area (Å²) >= 11 is 1.80. The van der Waals surface area contributed by atoms with Gasteiger partial charge in [0.15, 0.2) is 17.5 Å². The van der Waals surface area contributed by atoms with Crippen LogP contribution in [0.1, 0.15) is 0 Å². The second-order valence-corrected chi connectivity index (χ2v) is 16.3. The van der Waals surface area contributed by atoms with Crippen LogP contribution >= 0.6 is 11.3 Å². The van der Waals surface area contributed by atoms with E-state index in [0.29, 0.717) is 17.5 Å². The van der Waals surface area contributed by atoms with Gasteiger partial charge in [-0.3, -0.25) is 0 Å². The second kappa shape index (κ2) is 12.4. The first-order valence-corrected chi connectivity index (χ1v) is 20.6. The van der Waals surface area contributed by atoms with Crippen molar-refractivity contribution in [3.05, 3.63) is 182 Å². The van der Waals surface area contributed by atoms with Crippen LogP contribution in [0.4, 0.5) is 0 Å². The van der Waals surface area contributed by atoms with E-state index in [1.165, 1.54) is 52.8 Å². The van der Waals surface area contributed by atoms with Crippen LogP contribution in [-0.4, -0.2) is 19.5 Å². The molecule has 0 aliphatic rings. The molecule has 4 heterocycles. The van der Waals surface area contributed by atoms with Gasteiger partial charge in [0.2, 0.25) is 0 Å². The first-order chi connectivity index (χ1) is 29.2. The zero-order valence-electron chi connectivity index (χ0n) is 31.4. The smallest absolute Gasteiger partial charge is 0.164 e. The third-order valence-corrected chi connectivity index (χ3v) is 13.0. The summed E-state index contributed by atoms with van der Waals surface area (Å²) in [4.78, 5) is 15.3. The molecule has 13 rings (SSSR count). The zero-order valence-corrected chi connectivity index (χ0v) is 32.2. The molecule has 0 radical (unpaired) electrons. The molecular weight excluding hydrogens is 741 g/mol. The monoisotopic (exact) mass is 770 g/mol. The number of hydrogen-bond donors (Lipinski definition) is 0. The highest BCUT2D eigenvalue weighted by molar-refractivity contribution is 7.25. The number of aromatic nitrogens is 4. The van der Waals surface area contributed by atoms with Crippen LogP contribution in [0.25, 0.3) is 125 Å². The number of nitrogens with zero attached hydrogens (tertiary/aromatic N) is 4. The van der Waals surface area contributed by atoms with Crippen molar-refractivity contribution in [2.45, 2.75) is 0 Å². The predicted molar refractivity (Wildman–Crippen MR) is 246 cm³/mol. The van der Waals surface area contributed by atoms with E-state index in [1.54, 1.807) is 11.3 Å². The van der Waals surface area contributed by atoms with Gasteiger partial charge in [-0.15, -0.1) is 11.3 Å². The second-order valence-electron chi connectivity index (χ2n) is 15.2. The zero-order chi connectivity index (χ0) is 38.6. The third kappa shape index (κ3) is 4.94.